The highest BCUT2D eigenvalue weighted by Crippen LogP contribution is 2.21. The highest BCUT2D eigenvalue weighted by atomic mass is 32.1. The minimum atomic E-state index is -0.489. The first-order valence-electron chi connectivity index (χ1n) is 8.41. The van der Waals surface area contributed by atoms with Crippen LogP contribution in [0.5, 0.6) is 5.75 Å². The molecule has 0 unspecified atom stereocenters. The topological polar surface area (TPSA) is 43.6 Å². The van der Waals surface area contributed by atoms with Gasteiger partial charge in [-0.3, -0.25) is 8.75 Å². The molecule has 4 nitrogen and oxygen atoms in total. The van der Waals surface area contributed by atoms with Crippen LogP contribution in [0, 0.1) is 5.82 Å². The van der Waals surface area contributed by atoms with Crippen molar-refractivity contribution in [3.63, 3.8) is 0 Å². The van der Waals surface area contributed by atoms with Gasteiger partial charge < -0.3 is 4.74 Å². The van der Waals surface area contributed by atoms with E-state index in [2.05, 4.69) is 42.8 Å². The predicted molar refractivity (Wildman–Crippen MR) is 98.8 cm³/mol. The molecule has 25 heavy (non-hydrogen) atoms. The van der Waals surface area contributed by atoms with Crippen LogP contribution < -0.4 is 9.41 Å². The molecule has 0 aliphatic carbocycles. The minimum Gasteiger partial charge on any atom is -0.496 e. The summed E-state index contributed by atoms with van der Waals surface area (Å²) in [7, 11) is 1.45. The Balaban J connectivity index is 2.50. The normalized spacial score (nSPS) is 12.5. The van der Waals surface area contributed by atoms with Crippen molar-refractivity contribution in [2.75, 3.05) is 7.11 Å². The van der Waals surface area contributed by atoms with Gasteiger partial charge in [0.05, 0.1) is 12.7 Å². The molecule has 1 aromatic heterocycles. The van der Waals surface area contributed by atoms with Crippen LogP contribution in [0.15, 0.2) is 29.4 Å². The first-order chi connectivity index (χ1) is 11.8. The lowest BCUT2D eigenvalue weighted by atomic mass is 10.1. The second kappa shape index (κ2) is 7.95. The van der Waals surface area contributed by atoms with Crippen molar-refractivity contribution in [2.45, 2.75) is 52.5 Å². The van der Waals surface area contributed by atoms with Crippen molar-refractivity contribution in [1.29, 1.82) is 0 Å². The van der Waals surface area contributed by atoms with Gasteiger partial charge in [0, 0.05) is 17.3 Å². The first kappa shape index (κ1) is 19.4. The zero-order chi connectivity index (χ0) is 18.6. The van der Waals surface area contributed by atoms with Crippen molar-refractivity contribution in [3.05, 3.63) is 46.0 Å². The fourth-order valence-corrected chi connectivity index (χ4v) is 3.37. The average molecular weight is 364 g/mol. The van der Waals surface area contributed by atoms with Gasteiger partial charge in [0.25, 0.3) is 5.91 Å². The zero-order valence-corrected chi connectivity index (χ0v) is 16.2. The molecule has 6 heteroatoms. The van der Waals surface area contributed by atoms with E-state index in [1.807, 2.05) is 0 Å². The molecule has 0 spiro atoms. The van der Waals surface area contributed by atoms with E-state index in [9.17, 15) is 9.18 Å². The van der Waals surface area contributed by atoms with E-state index in [-0.39, 0.29) is 11.1 Å². The Morgan fingerprint density at radius 1 is 1.36 bits per heavy atom. The molecule has 0 bridgehead atoms. The molecule has 0 aliphatic heterocycles. The number of ether oxygens (including phenoxy) is 1. The van der Waals surface area contributed by atoms with E-state index in [1.54, 1.807) is 0 Å². The first-order valence-corrected chi connectivity index (χ1v) is 9.18. The molecule has 0 radical (unpaired) electrons. The second-order valence-corrected chi connectivity index (χ2v) is 7.88. The van der Waals surface area contributed by atoms with Gasteiger partial charge in [-0.25, -0.2) is 4.39 Å². The van der Waals surface area contributed by atoms with Gasteiger partial charge in [-0.2, -0.15) is 4.99 Å². The summed E-state index contributed by atoms with van der Waals surface area (Å²) in [6, 6.07) is 3.88. The van der Waals surface area contributed by atoms with Crippen LogP contribution in [0.2, 0.25) is 0 Å². The van der Waals surface area contributed by atoms with E-state index in [1.165, 1.54) is 36.8 Å². The Kier molecular flexibility index (Phi) is 6.16. The summed E-state index contributed by atoms with van der Waals surface area (Å²) in [6.45, 7) is 8.45. The summed E-state index contributed by atoms with van der Waals surface area (Å²) in [5.41, 5.74) is 1.10. The number of aryl methyl sites for hydroxylation is 1. The fourth-order valence-electron chi connectivity index (χ4n) is 2.34. The smallest absolute Gasteiger partial charge is 0.282 e. The van der Waals surface area contributed by atoms with E-state index < -0.39 is 11.7 Å². The number of nitrogens with zero attached hydrogens (tertiary/aromatic N) is 2. The summed E-state index contributed by atoms with van der Waals surface area (Å²) in [5, 5.41) is 0. The third-order valence-corrected chi connectivity index (χ3v) is 5.16. The van der Waals surface area contributed by atoms with Crippen molar-refractivity contribution in [1.82, 2.24) is 3.96 Å². The van der Waals surface area contributed by atoms with Crippen molar-refractivity contribution < 1.29 is 13.9 Å². The standard InChI is InChI=1S/C19H25FN2O2S/c1-6-7-8-13-12-22(19(2,3)4)25-18(13)21-17(23)15-11-14(20)9-10-16(15)24-5/h9-12H,6-8H2,1-5H3. The van der Waals surface area contributed by atoms with Gasteiger partial charge in [-0.1, -0.05) is 13.3 Å². The van der Waals surface area contributed by atoms with Gasteiger partial charge in [0.15, 0.2) is 0 Å². The molecule has 0 aliphatic rings. The molecule has 1 aromatic carbocycles. The van der Waals surface area contributed by atoms with E-state index in [0.717, 1.165) is 24.8 Å². The van der Waals surface area contributed by atoms with Crippen LogP contribution >= 0.6 is 11.5 Å². The third kappa shape index (κ3) is 4.78. The lowest BCUT2D eigenvalue weighted by Crippen LogP contribution is -2.18. The Morgan fingerprint density at radius 3 is 2.68 bits per heavy atom. The summed E-state index contributed by atoms with van der Waals surface area (Å²) >= 11 is 1.45. The molecule has 2 aromatic rings. The van der Waals surface area contributed by atoms with Gasteiger partial charge >= 0.3 is 0 Å². The number of hydrogen-bond acceptors (Lipinski definition) is 3. The maximum atomic E-state index is 13.5. The maximum Gasteiger partial charge on any atom is 0.282 e. The molecule has 1 heterocycles. The highest BCUT2D eigenvalue weighted by Gasteiger charge is 2.17. The monoisotopic (exact) mass is 364 g/mol. The summed E-state index contributed by atoms with van der Waals surface area (Å²) in [5.74, 6) is -0.649. The number of benzene rings is 1. The van der Waals surface area contributed by atoms with Gasteiger partial charge in [-0.05, 0) is 63.3 Å². The van der Waals surface area contributed by atoms with Crippen molar-refractivity contribution in [2.24, 2.45) is 4.99 Å². The van der Waals surface area contributed by atoms with E-state index in [4.69, 9.17) is 4.74 Å². The minimum absolute atomic E-state index is 0.0843. The number of rotatable bonds is 5. The Bertz CT molecular complexity index is 816. The fraction of sp³-hybridized carbons (Fsp3) is 0.474. The summed E-state index contributed by atoms with van der Waals surface area (Å²) < 4.78 is 21.5. The van der Waals surface area contributed by atoms with Gasteiger partial charge in [0.1, 0.15) is 16.2 Å². The molecular formula is C19H25FN2O2S. The molecule has 0 fully saturated rings. The molecule has 0 N–H and O–H groups in total. The average Bonchev–Trinajstić information content (AvgIpc) is 2.95. The highest BCUT2D eigenvalue weighted by molar-refractivity contribution is 7.04. The molecule has 136 valence electrons. The number of carbonyl (C=O) groups excluding carboxylic acids is 1. The zero-order valence-electron chi connectivity index (χ0n) is 15.4. The van der Waals surface area contributed by atoms with Crippen LogP contribution in [-0.4, -0.2) is 17.0 Å². The van der Waals surface area contributed by atoms with Crippen LogP contribution in [0.25, 0.3) is 0 Å². The number of unbranched alkanes of at least 4 members (excludes halogenated alkanes) is 1. The Hall–Kier alpha value is -1.95. The number of hydrogen-bond donors (Lipinski definition) is 0. The number of methoxy groups -OCH3 is 1. The SMILES string of the molecule is CCCCc1cn(C(C)(C)C)sc1=NC(=O)c1cc(F)ccc1OC. The van der Waals surface area contributed by atoms with Gasteiger partial charge in [-0.15, -0.1) is 0 Å². The second-order valence-electron chi connectivity index (χ2n) is 6.91. The van der Waals surface area contributed by atoms with Crippen LogP contribution in [0.1, 0.15) is 56.5 Å². The van der Waals surface area contributed by atoms with Crippen LogP contribution in [-0.2, 0) is 12.0 Å². The molecule has 2 rings (SSSR count). The van der Waals surface area contributed by atoms with E-state index in [0.29, 0.717) is 10.4 Å². The number of carbonyl (C=O) groups is 1. The molecular weight excluding hydrogens is 339 g/mol. The van der Waals surface area contributed by atoms with Crippen LogP contribution in [0.3, 0.4) is 0 Å². The van der Waals surface area contributed by atoms with Crippen molar-refractivity contribution >= 4 is 17.4 Å². The lowest BCUT2D eigenvalue weighted by molar-refractivity contribution is 0.0995. The molecule has 1 amide bonds. The Morgan fingerprint density at radius 2 is 2.08 bits per heavy atom. The Labute approximate surface area is 152 Å². The van der Waals surface area contributed by atoms with Crippen molar-refractivity contribution in [3.8, 4) is 5.75 Å². The van der Waals surface area contributed by atoms with Crippen LogP contribution in [0.4, 0.5) is 4.39 Å². The predicted octanol–water partition coefficient (Wildman–Crippen LogP) is 4.54. The number of amides is 1. The quantitative estimate of drug-likeness (QED) is 0.782. The number of halogens is 1. The van der Waals surface area contributed by atoms with Gasteiger partial charge in [0.2, 0.25) is 0 Å². The molecule has 0 saturated carbocycles. The summed E-state index contributed by atoms with van der Waals surface area (Å²) in [4.78, 5) is 16.9. The largest absolute Gasteiger partial charge is 0.496 e. The number of aromatic nitrogens is 1. The lowest BCUT2D eigenvalue weighted by Gasteiger charge is -2.19. The van der Waals surface area contributed by atoms with E-state index >= 15 is 0 Å². The molecule has 0 saturated heterocycles. The molecule has 0 atom stereocenters. The maximum absolute atomic E-state index is 13.5. The third-order valence-electron chi connectivity index (χ3n) is 3.79. The summed E-state index contributed by atoms with van der Waals surface area (Å²) in [6.07, 6.45) is 5.02.